The predicted octanol–water partition coefficient (Wildman–Crippen LogP) is 3.67. The molecule has 0 saturated carbocycles. The van der Waals surface area contributed by atoms with Gasteiger partial charge in [-0.2, -0.15) is 0 Å². The third-order valence-corrected chi connectivity index (χ3v) is 3.85. The van der Waals surface area contributed by atoms with Gasteiger partial charge in [-0.3, -0.25) is 4.79 Å². The second-order valence-corrected chi connectivity index (χ2v) is 5.79. The minimum atomic E-state index is 0.123. The molecule has 2 aromatic rings. The second-order valence-electron chi connectivity index (χ2n) is 4.33. The number of thiophene rings is 1. The largest absolute Gasteiger partial charge is 0.497 e. The summed E-state index contributed by atoms with van der Waals surface area (Å²) in [6, 6.07) is 9.49. The first-order valence-corrected chi connectivity index (χ1v) is 6.90. The molecule has 100 valence electrons. The van der Waals surface area contributed by atoms with Crippen LogP contribution in [0, 0.1) is 13.8 Å². The lowest BCUT2D eigenvalue weighted by Crippen LogP contribution is -2.14. The van der Waals surface area contributed by atoms with Crippen molar-refractivity contribution in [2.45, 2.75) is 13.8 Å². The van der Waals surface area contributed by atoms with Crippen molar-refractivity contribution in [2.24, 2.45) is 0 Å². The molecule has 0 radical (unpaired) electrons. The van der Waals surface area contributed by atoms with E-state index >= 15 is 0 Å². The summed E-state index contributed by atoms with van der Waals surface area (Å²) < 4.78 is 5.09. The van der Waals surface area contributed by atoms with Gasteiger partial charge in [0.2, 0.25) is 0 Å². The Balaban J connectivity index is 1.98. The molecule has 19 heavy (non-hydrogen) atoms. The van der Waals surface area contributed by atoms with Gasteiger partial charge in [0.15, 0.2) is 5.78 Å². The Morgan fingerprint density at radius 2 is 1.95 bits per heavy atom. The molecule has 0 fully saturated rings. The van der Waals surface area contributed by atoms with Crippen LogP contribution < -0.4 is 10.1 Å². The number of ketones is 1. The van der Waals surface area contributed by atoms with Crippen molar-refractivity contribution in [1.82, 2.24) is 0 Å². The molecule has 1 N–H and O–H groups in total. The fourth-order valence-corrected chi connectivity index (χ4v) is 2.84. The number of Topliss-reactive ketones (excluding diaryl/α,β-unsaturated/α-hetero) is 1. The average molecular weight is 275 g/mol. The SMILES string of the molecule is COc1ccc(NCC(=O)c2cc(C)sc2C)cc1. The van der Waals surface area contributed by atoms with Crippen LogP contribution in [0.3, 0.4) is 0 Å². The van der Waals surface area contributed by atoms with Crippen molar-refractivity contribution in [3.8, 4) is 5.75 Å². The molecule has 0 atom stereocenters. The lowest BCUT2D eigenvalue weighted by molar-refractivity contribution is 0.101. The van der Waals surface area contributed by atoms with E-state index in [4.69, 9.17) is 4.74 Å². The van der Waals surface area contributed by atoms with Crippen LogP contribution in [-0.2, 0) is 0 Å². The van der Waals surface area contributed by atoms with Gasteiger partial charge in [-0.05, 0) is 44.2 Å². The number of aryl methyl sites for hydroxylation is 2. The van der Waals surface area contributed by atoms with E-state index in [-0.39, 0.29) is 5.78 Å². The maximum absolute atomic E-state index is 12.1. The first kappa shape index (κ1) is 13.6. The molecule has 0 spiro atoms. The van der Waals surface area contributed by atoms with Gasteiger partial charge < -0.3 is 10.1 Å². The van der Waals surface area contributed by atoms with Gasteiger partial charge in [0.25, 0.3) is 0 Å². The number of methoxy groups -OCH3 is 1. The summed E-state index contributed by atoms with van der Waals surface area (Å²) in [7, 11) is 1.63. The molecule has 1 aromatic heterocycles. The summed E-state index contributed by atoms with van der Waals surface area (Å²) in [4.78, 5) is 14.3. The molecule has 3 nitrogen and oxygen atoms in total. The second kappa shape index (κ2) is 5.89. The molecule has 0 amide bonds. The number of ether oxygens (including phenoxy) is 1. The smallest absolute Gasteiger partial charge is 0.182 e. The van der Waals surface area contributed by atoms with E-state index in [1.165, 1.54) is 4.88 Å². The number of nitrogens with one attached hydrogen (secondary N) is 1. The summed E-state index contributed by atoms with van der Waals surface area (Å²) in [5.41, 5.74) is 1.74. The first-order valence-electron chi connectivity index (χ1n) is 6.08. The van der Waals surface area contributed by atoms with Crippen LogP contribution in [0.25, 0.3) is 0 Å². The van der Waals surface area contributed by atoms with Crippen molar-refractivity contribution in [3.63, 3.8) is 0 Å². The predicted molar refractivity (Wildman–Crippen MR) is 79.6 cm³/mol. The molecule has 0 bridgehead atoms. The molecule has 4 heteroatoms. The number of carbonyl (C=O) groups excluding carboxylic acids is 1. The Morgan fingerprint density at radius 1 is 1.26 bits per heavy atom. The quantitative estimate of drug-likeness (QED) is 0.846. The molecule has 1 heterocycles. The average Bonchev–Trinajstić information content (AvgIpc) is 2.75. The van der Waals surface area contributed by atoms with E-state index in [1.54, 1.807) is 18.4 Å². The van der Waals surface area contributed by atoms with Crippen molar-refractivity contribution in [2.75, 3.05) is 19.0 Å². The summed E-state index contributed by atoms with van der Waals surface area (Å²) in [6.07, 6.45) is 0. The highest BCUT2D eigenvalue weighted by Crippen LogP contribution is 2.21. The number of carbonyl (C=O) groups is 1. The number of hydrogen-bond acceptors (Lipinski definition) is 4. The van der Waals surface area contributed by atoms with Crippen molar-refractivity contribution < 1.29 is 9.53 Å². The number of anilines is 1. The van der Waals surface area contributed by atoms with Crippen molar-refractivity contribution in [3.05, 3.63) is 45.6 Å². The molecule has 1 aromatic carbocycles. The Kier molecular flexibility index (Phi) is 4.22. The topological polar surface area (TPSA) is 38.3 Å². The number of benzene rings is 1. The Morgan fingerprint density at radius 3 is 2.47 bits per heavy atom. The van der Waals surface area contributed by atoms with E-state index in [2.05, 4.69) is 5.32 Å². The van der Waals surface area contributed by atoms with Gasteiger partial charge in [0, 0.05) is 21.0 Å². The van der Waals surface area contributed by atoms with Crippen molar-refractivity contribution in [1.29, 1.82) is 0 Å². The normalized spacial score (nSPS) is 10.3. The van der Waals surface area contributed by atoms with Gasteiger partial charge in [0.05, 0.1) is 13.7 Å². The third-order valence-electron chi connectivity index (χ3n) is 2.88. The van der Waals surface area contributed by atoms with E-state index in [9.17, 15) is 4.79 Å². The Hall–Kier alpha value is -1.81. The number of rotatable bonds is 5. The fourth-order valence-electron chi connectivity index (χ4n) is 1.89. The zero-order valence-corrected chi connectivity index (χ0v) is 12.1. The van der Waals surface area contributed by atoms with E-state index in [0.29, 0.717) is 6.54 Å². The van der Waals surface area contributed by atoms with Gasteiger partial charge in [-0.25, -0.2) is 0 Å². The number of hydrogen-bond donors (Lipinski definition) is 1. The fraction of sp³-hybridized carbons (Fsp3) is 0.267. The van der Waals surface area contributed by atoms with Crippen LogP contribution in [-0.4, -0.2) is 19.4 Å². The molecule has 0 aliphatic carbocycles. The van der Waals surface area contributed by atoms with Crippen LogP contribution in [0.2, 0.25) is 0 Å². The van der Waals surface area contributed by atoms with Gasteiger partial charge >= 0.3 is 0 Å². The zero-order valence-electron chi connectivity index (χ0n) is 11.3. The van der Waals surface area contributed by atoms with Crippen LogP contribution in [0.5, 0.6) is 5.75 Å². The highest BCUT2D eigenvalue weighted by atomic mass is 32.1. The Labute approximate surface area is 117 Å². The molecule has 0 unspecified atom stereocenters. The van der Waals surface area contributed by atoms with E-state index < -0.39 is 0 Å². The molecule has 0 saturated heterocycles. The lowest BCUT2D eigenvalue weighted by atomic mass is 10.1. The Bertz CT molecular complexity index is 572. The van der Waals surface area contributed by atoms with Gasteiger partial charge in [-0.1, -0.05) is 0 Å². The zero-order chi connectivity index (χ0) is 13.8. The summed E-state index contributed by atoms with van der Waals surface area (Å²) >= 11 is 1.66. The van der Waals surface area contributed by atoms with Crippen LogP contribution >= 0.6 is 11.3 Å². The van der Waals surface area contributed by atoms with Crippen LogP contribution in [0.1, 0.15) is 20.1 Å². The molecule has 0 aliphatic heterocycles. The molecular formula is C15H17NO2S. The van der Waals surface area contributed by atoms with E-state index in [0.717, 1.165) is 21.9 Å². The maximum atomic E-state index is 12.1. The van der Waals surface area contributed by atoms with Crippen LogP contribution in [0.4, 0.5) is 5.69 Å². The maximum Gasteiger partial charge on any atom is 0.182 e. The lowest BCUT2D eigenvalue weighted by Gasteiger charge is -2.06. The highest BCUT2D eigenvalue weighted by Gasteiger charge is 2.11. The van der Waals surface area contributed by atoms with Crippen molar-refractivity contribution >= 4 is 22.8 Å². The summed E-state index contributed by atoms with van der Waals surface area (Å²) in [5.74, 6) is 0.929. The molecule has 2 rings (SSSR count). The van der Waals surface area contributed by atoms with Crippen LogP contribution in [0.15, 0.2) is 30.3 Å². The van der Waals surface area contributed by atoms with Gasteiger partial charge in [0.1, 0.15) is 5.75 Å². The third kappa shape index (κ3) is 3.35. The van der Waals surface area contributed by atoms with Gasteiger partial charge in [-0.15, -0.1) is 11.3 Å². The standard InChI is InChI=1S/C15H17NO2S/c1-10-8-14(11(2)19-10)15(17)9-16-12-4-6-13(18-3)7-5-12/h4-8,16H,9H2,1-3H3. The first-order chi connectivity index (χ1) is 9.10. The highest BCUT2D eigenvalue weighted by molar-refractivity contribution is 7.12. The summed E-state index contributed by atoms with van der Waals surface area (Å²) in [6.45, 7) is 4.31. The monoisotopic (exact) mass is 275 g/mol. The van der Waals surface area contributed by atoms with E-state index in [1.807, 2.05) is 44.2 Å². The molecule has 0 aliphatic rings. The minimum Gasteiger partial charge on any atom is -0.497 e. The minimum absolute atomic E-state index is 0.123. The molecular weight excluding hydrogens is 258 g/mol. The summed E-state index contributed by atoms with van der Waals surface area (Å²) in [5, 5.41) is 3.13.